The molecule has 0 saturated heterocycles. The van der Waals surface area contributed by atoms with Crippen LogP contribution < -0.4 is 9.47 Å². The average Bonchev–Trinajstić information content (AvgIpc) is 2.74. The first kappa shape index (κ1) is 14.9. The van der Waals surface area contributed by atoms with Crippen molar-refractivity contribution < 1.29 is 13.9 Å². The van der Waals surface area contributed by atoms with Gasteiger partial charge in [-0.3, -0.25) is 0 Å². The Morgan fingerprint density at radius 3 is 2.62 bits per heavy atom. The predicted octanol–water partition coefficient (Wildman–Crippen LogP) is 5.23. The highest BCUT2D eigenvalue weighted by Crippen LogP contribution is 2.40. The van der Waals surface area contributed by atoms with Crippen molar-refractivity contribution >= 4 is 31.9 Å². The van der Waals surface area contributed by atoms with Crippen molar-refractivity contribution in [2.75, 3.05) is 13.2 Å². The van der Waals surface area contributed by atoms with Gasteiger partial charge in [0.2, 0.25) is 0 Å². The second kappa shape index (κ2) is 6.36. The molecule has 21 heavy (non-hydrogen) atoms. The van der Waals surface area contributed by atoms with Gasteiger partial charge >= 0.3 is 0 Å². The molecule has 1 atom stereocenters. The molecule has 0 saturated carbocycles. The van der Waals surface area contributed by atoms with Gasteiger partial charge in [0.15, 0.2) is 11.5 Å². The second-order valence-electron chi connectivity index (χ2n) is 4.76. The average molecular weight is 416 g/mol. The van der Waals surface area contributed by atoms with Crippen LogP contribution in [0.1, 0.15) is 22.4 Å². The van der Waals surface area contributed by atoms with E-state index in [0.29, 0.717) is 17.7 Å². The Hall–Kier alpha value is -1.07. The van der Waals surface area contributed by atoms with Crippen LogP contribution in [0.15, 0.2) is 40.9 Å². The topological polar surface area (TPSA) is 18.5 Å². The van der Waals surface area contributed by atoms with Crippen LogP contribution in [0.4, 0.5) is 4.39 Å². The lowest BCUT2D eigenvalue weighted by atomic mass is 10.0. The molecule has 1 aliphatic rings. The van der Waals surface area contributed by atoms with Crippen LogP contribution in [0.2, 0.25) is 0 Å². The Kier molecular flexibility index (Phi) is 4.50. The van der Waals surface area contributed by atoms with Crippen LogP contribution in [-0.4, -0.2) is 13.2 Å². The van der Waals surface area contributed by atoms with Crippen molar-refractivity contribution in [3.63, 3.8) is 0 Å². The Balaban J connectivity index is 1.96. The summed E-state index contributed by atoms with van der Waals surface area (Å²) in [6.45, 7) is 1.31. The monoisotopic (exact) mass is 414 g/mol. The van der Waals surface area contributed by atoms with Crippen molar-refractivity contribution in [1.29, 1.82) is 0 Å². The molecule has 0 N–H and O–H groups in total. The quantitative estimate of drug-likeness (QED) is 0.625. The molecule has 0 aliphatic carbocycles. The highest BCUT2D eigenvalue weighted by molar-refractivity contribution is 9.11. The lowest BCUT2D eigenvalue weighted by Crippen LogP contribution is -1.98. The second-order valence-corrected chi connectivity index (χ2v) is 6.47. The van der Waals surface area contributed by atoms with E-state index in [-0.39, 0.29) is 10.6 Å². The minimum absolute atomic E-state index is 0.125. The fourth-order valence-corrected chi connectivity index (χ4v) is 3.70. The van der Waals surface area contributed by atoms with Gasteiger partial charge in [0, 0.05) is 6.42 Å². The number of benzene rings is 2. The van der Waals surface area contributed by atoms with Crippen molar-refractivity contribution in [3.05, 3.63) is 57.8 Å². The standard InChI is InChI=1S/C16H13Br2FO2/c17-15(11-3-1-4-12(19)16(11)18)10-5-6-13-14(9-10)21-8-2-7-20-13/h1,3-6,9,15H,2,7-8H2. The third-order valence-corrected chi connectivity index (χ3v) is 5.18. The summed E-state index contributed by atoms with van der Waals surface area (Å²) in [7, 11) is 0. The van der Waals surface area contributed by atoms with E-state index in [9.17, 15) is 4.39 Å². The van der Waals surface area contributed by atoms with Crippen LogP contribution in [0.25, 0.3) is 0 Å². The number of halogens is 3. The van der Waals surface area contributed by atoms with Gasteiger partial charge < -0.3 is 9.47 Å². The molecule has 0 radical (unpaired) electrons. The van der Waals surface area contributed by atoms with E-state index >= 15 is 0 Å². The van der Waals surface area contributed by atoms with Crippen LogP contribution >= 0.6 is 31.9 Å². The van der Waals surface area contributed by atoms with E-state index in [1.54, 1.807) is 6.07 Å². The SMILES string of the molecule is Fc1cccc(C(Br)c2ccc3c(c2)OCCCO3)c1Br. The molecule has 3 rings (SSSR count). The lowest BCUT2D eigenvalue weighted by molar-refractivity contribution is 0.297. The molecule has 0 aromatic heterocycles. The summed E-state index contributed by atoms with van der Waals surface area (Å²) >= 11 is 6.94. The smallest absolute Gasteiger partial charge is 0.161 e. The highest BCUT2D eigenvalue weighted by Gasteiger charge is 2.18. The maximum absolute atomic E-state index is 13.7. The molecule has 0 fully saturated rings. The summed E-state index contributed by atoms with van der Waals surface area (Å²) in [6.07, 6.45) is 0.872. The van der Waals surface area contributed by atoms with E-state index in [4.69, 9.17) is 9.47 Å². The molecule has 2 aromatic rings. The van der Waals surface area contributed by atoms with Crippen LogP contribution in [0.3, 0.4) is 0 Å². The third-order valence-electron chi connectivity index (χ3n) is 3.32. The normalized spacial score (nSPS) is 15.4. The van der Waals surface area contributed by atoms with Gasteiger partial charge in [-0.15, -0.1) is 0 Å². The minimum atomic E-state index is -0.272. The molecule has 0 bridgehead atoms. The number of fused-ring (bicyclic) bond motifs is 1. The summed E-state index contributed by atoms with van der Waals surface area (Å²) in [5.74, 6) is 1.22. The number of hydrogen-bond acceptors (Lipinski definition) is 2. The fourth-order valence-electron chi connectivity index (χ4n) is 2.23. The van der Waals surface area contributed by atoms with Crippen molar-refractivity contribution in [3.8, 4) is 11.5 Å². The van der Waals surface area contributed by atoms with Crippen molar-refractivity contribution in [1.82, 2.24) is 0 Å². The van der Waals surface area contributed by atoms with E-state index in [1.165, 1.54) is 6.07 Å². The van der Waals surface area contributed by atoms with Crippen LogP contribution in [0, 0.1) is 5.82 Å². The molecule has 5 heteroatoms. The van der Waals surface area contributed by atoms with E-state index < -0.39 is 0 Å². The van der Waals surface area contributed by atoms with Crippen molar-refractivity contribution in [2.24, 2.45) is 0 Å². The molecule has 1 unspecified atom stereocenters. The van der Waals surface area contributed by atoms with Gasteiger partial charge in [-0.1, -0.05) is 34.1 Å². The molecule has 1 heterocycles. The predicted molar refractivity (Wildman–Crippen MR) is 86.9 cm³/mol. The van der Waals surface area contributed by atoms with E-state index in [1.807, 2.05) is 24.3 Å². The van der Waals surface area contributed by atoms with Crippen molar-refractivity contribution in [2.45, 2.75) is 11.2 Å². The summed E-state index contributed by atoms with van der Waals surface area (Å²) in [5.41, 5.74) is 1.83. The molecular formula is C16H13Br2FO2. The van der Waals surface area contributed by atoms with Gasteiger partial charge in [-0.2, -0.15) is 0 Å². The number of alkyl halides is 1. The first-order valence-electron chi connectivity index (χ1n) is 6.64. The Bertz CT molecular complexity index is 661. The molecule has 110 valence electrons. The Labute approximate surface area is 139 Å². The molecule has 2 nitrogen and oxygen atoms in total. The first-order chi connectivity index (χ1) is 10.2. The van der Waals surface area contributed by atoms with Gasteiger partial charge in [0.1, 0.15) is 5.82 Å². The molecule has 0 spiro atoms. The van der Waals surface area contributed by atoms with Gasteiger partial charge in [-0.25, -0.2) is 4.39 Å². The number of ether oxygens (including phenoxy) is 2. The fraction of sp³-hybridized carbons (Fsp3) is 0.250. The van der Waals surface area contributed by atoms with Gasteiger partial charge in [-0.05, 0) is 45.3 Å². The zero-order valence-electron chi connectivity index (χ0n) is 11.1. The largest absolute Gasteiger partial charge is 0.490 e. The maximum atomic E-state index is 13.7. The summed E-state index contributed by atoms with van der Waals surface area (Å²) in [5, 5.41) is 0. The summed E-state index contributed by atoms with van der Waals surface area (Å²) in [6, 6.07) is 10.8. The number of hydrogen-bond donors (Lipinski definition) is 0. The van der Waals surface area contributed by atoms with Gasteiger partial charge in [0.05, 0.1) is 22.5 Å². The molecular weight excluding hydrogens is 403 g/mol. The zero-order valence-corrected chi connectivity index (χ0v) is 14.3. The molecule has 0 amide bonds. The van der Waals surface area contributed by atoms with Gasteiger partial charge in [0.25, 0.3) is 0 Å². The van der Waals surface area contributed by atoms with Crippen LogP contribution in [-0.2, 0) is 0 Å². The first-order valence-corrected chi connectivity index (χ1v) is 8.35. The number of rotatable bonds is 2. The maximum Gasteiger partial charge on any atom is 0.161 e. The lowest BCUT2D eigenvalue weighted by Gasteiger charge is -2.15. The highest BCUT2D eigenvalue weighted by atomic mass is 79.9. The third kappa shape index (κ3) is 3.09. The van der Waals surface area contributed by atoms with E-state index in [2.05, 4.69) is 31.9 Å². The van der Waals surface area contributed by atoms with E-state index in [0.717, 1.165) is 29.0 Å². The summed E-state index contributed by atoms with van der Waals surface area (Å²) in [4.78, 5) is -0.125. The summed E-state index contributed by atoms with van der Waals surface area (Å²) < 4.78 is 25.5. The minimum Gasteiger partial charge on any atom is -0.490 e. The molecule has 2 aromatic carbocycles. The van der Waals surface area contributed by atoms with Crippen LogP contribution in [0.5, 0.6) is 11.5 Å². The molecule has 1 aliphatic heterocycles. The zero-order chi connectivity index (χ0) is 14.8. The Morgan fingerprint density at radius 2 is 1.81 bits per heavy atom. The Morgan fingerprint density at radius 1 is 1.05 bits per heavy atom.